The number of hydrogen-bond donors (Lipinski definition) is 0. The molecule has 0 aromatic heterocycles. The molecule has 0 aromatic rings. The van der Waals surface area contributed by atoms with E-state index in [1.54, 1.807) is 22.5 Å². The van der Waals surface area contributed by atoms with Gasteiger partial charge in [0, 0.05) is 0 Å². The molecule has 0 rings (SSSR count). The summed E-state index contributed by atoms with van der Waals surface area (Å²) in [5.74, 6) is 0. The van der Waals surface area contributed by atoms with Crippen LogP contribution in [0.25, 0.3) is 0 Å². The fourth-order valence-corrected chi connectivity index (χ4v) is 3.78. The summed E-state index contributed by atoms with van der Waals surface area (Å²) in [6.45, 7) is 6.94. The van der Waals surface area contributed by atoms with Crippen molar-refractivity contribution in [2.45, 2.75) is 69.1 Å². The Labute approximate surface area is 91.6 Å². The van der Waals surface area contributed by atoms with Crippen molar-refractivity contribution in [1.82, 2.24) is 0 Å². The summed E-state index contributed by atoms with van der Waals surface area (Å²) < 4.78 is 0.742. The number of rotatable bonds is 7. The van der Waals surface area contributed by atoms with Gasteiger partial charge in [-0.05, 0) is 0 Å². The predicted octanol–water partition coefficient (Wildman–Crippen LogP) is 4.10. The van der Waals surface area contributed by atoms with Crippen molar-refractivity contribution in [3.63, 3.8) is 0 Å². The first-order valence-corrected chi connectivity index (χ1v) is 6.86. The molecule has 0 aromatic carbocycles. The number of unbranched alkanes of at least 4 members (excludes halogenated alkanes) is 1. The Balaban J connectivity index is 3.80. The molecule has 0 atom stereocenters. The summed E-state index contributed by atoms with van der Waals surface area (Å²) in [4.78, 5) is 0. The molecule has 3 radical (unpaired) electrons. The van der Waals surface area contributed by atoms with Gasteiger partial charge in [-0.2, -0.15) is 0 Å². The van der Waals surface area contributed by atoms with Crippen molar-refractivity contribution in [2.24, 2.45) is 0 Å². The zero-order valence-electron chi connectivity index (χ0n) is 8.95. The summed E-state index contributed by atoms with van der Waals surface area (Å²) in [5.41, 5.74) is 0. The van der Waals surface area contributed by atoms with Crippen molar-refractivity contribution in [3.8, 4) is 0 Å². The second kappa shape index (κ2) is 7.23. The van der Waals surface area contributed by atoms with E-state index in [0.29, 0.717) is 0 Å². The van der Waals surface area contributed by atoms with Crippen LogP contribution in [0.3, 0.4) is 0 Å². The summed E-state index contributed by atoms with van der Waals surface area (Å²) in [5, 5.41) is 0. The molecular formula is C11H23Sn. The first kappa shape index (κ1) is 12.8. The van der Waals surface area contributed by atoms with Crippen LogP contribution in [0.5, 0.6) is 0 Å². The van der Waals surface area contributed by atoms with Gasteiger partial charge in [-0.3, -0.25) is 0 Å². The van der Waals surface area contributed by atoms with Gasteiger partial charge in [0.25, 0.3) is 0 Å². The van der Waals surface area contributed by atoms with Gasteiger partial charge in [0.15, 0.2) is 0 Å². The van der Waals surface area contributed by atoms with Gasteiger partial charge in [-0.15, -0.1) is 0 Å². The van der Waals surface area contributed by atoms with Crippen molar-refractivity contribution in [2.75, 3.05) is 0 Å². The Morgan fingerprint density at radius 3 is 1.67 bits per heavy atom. The topological polar surface area (TPSA) is 0 Å². The Kier molecular flexibility index (Phi) is 7.71. The second-order valence-corrected chi connectivity index (χ2v) is 6.91. The van der Waals surface area contributed by atoms with E-state index in [9.17, 15) is 0 Å². The van der Waals surface area contributed by atoms with E-state index in [4.69, 9.17) is 0 Å². The molecule has 71 valence electrons. The maximum atomic E-state index is 2.32. The van der Waals surface area contributed by atoms with Gasteiger partial charge in [0.05, 0.1) is 0 Å². The molecule has 0 bridgehead atoms. The summed E-state index contributed by atoms with van der Waals surface area (Å²) in [6.07, 6.45) is 9.93. The van der Waals surface area contributed by atoms with Crippen LogP contribution >= 0.6 is 0 Å². The van der Waals surface area contributed by atoms with Crippen LogP contribution in [-0.2, 0) is 0 Å². The zero-order chi connectivity index (χ0) is 9.45. The summed E-state index contributed by atoms with van der Waals surface area (Å²) >= 11 is 1.78. The van der Waals surface area contributed by atoms with Gasteiger partial charge >= 0.3 is 91.7 Å². The van der Waals surface area contributed by atoms with E-state index < -0.39 is 0 Å². The Hall–Kier alpha value is 0.799. The predicted molar refractivity (Wildman–Crippen MR) is 57.8 cm³/mol. The van der Waals surface area contributed by atoms with Crippen LogP contribution in [-0.4, -0.2) is 22.5 Å². The zero-order valence-corrected chi connectivity index (χ0v) is 11.8. The Bertz CT molecular complexity index is 93.2. The third-order valence-electron chi connectivity index (χ3n) is 2.47. The van der Waals surface area contributed by atoms with Crippen LogP contribution in [0.2, 0.25) is 3.43 Å². The minimum absolute atomic E-state index is 0.742. The average Bonchev–Trinajstić information content (AvgIpc) is 2.02. The molecule has 0 nitrogen and oxygen atoms in total. The standard InChI is InChI=1S/C11H23.Sn/c1-4-7-10-11(8-5-2)9-6-3;/h4-10H2,1-3H3;. The molecule has 1 heteroatoms. The van der Waals surface area contributed by atoms with E-state index in [-0.39, 0.29) is 0 Å². The van der Waals surface area contributed by atoms with Crippen LogP contribution < -0.4 is 0 Å². The Morgan fingerprint density at radius 1 is 0.833 bits per heavy atom. The fraction of sp³-hybridized carbons (Fsp3) is 1.00. The quantitative estimate of drug-likeness (QED) is 0.613. The molecule has 0 saturated carbocycles. The third-order valence-corrected chi connectivity index (χ3v) is 4.61. The van der Waals surface area contributed by atoms with E-state index in [0.717, 1.165) is 3.43 Å². The first-order valence-electron chi connectivity index (χ1n) is 5.43. The van der Waals surface area contributed by atoms with Gasteiger partial charge in [-0.25, -0.2) is 0 Å². The SMILES string of the molecule is CCCC[C]([Sn])(CCC)CCC. The van der Waals surface area contributed by atoms with Crippen molar-refractivity contribution >= 4 is 22.5 Å². The van der Waals surface area contributed by atoms with E-state index in [1.807, 2.05) is 0 Å². The number of hydrogen-bond acceptors (Lipinski definition) is 0. The van der Waals surface area contributed by atoms with Crippen molar-refractivity contribution < 1.29 is 0 Å². The Morgan fingerprint density at radius 2 is 1.33 bits per heavy atom. The molecule has 0 amide bonds. The summed E-state index contributed by atoms with van der Waals surface area (Å²) in [6, 6.07) is 0. The van der Waals surface area contributed by atoms with Crippen LogP contribution in [0, 0.1) is 0 Å². The van der Waals surface area contributed by atoms with Gasteiger partial charge in [-0.1, -0.05) is 0 Å². The molecule has 0 aliphatic carbocycles. The van der Waals surface area contributed by atoms with Crippen molar-refractivity contribution in [3.05, 3.63) is 0 Å². The van der Waals surface area contributed by atoms with Crippen molar-refractivity contribution in [1.29, 1.82) is 0 Å². The minimum atomic E-state index is 0.742. The molecule has 0 heterocycles. The van der Waals surface area contributed by atoms with Crippen LogP contribution in [0.15, 0.2) is 0 Å². The molecule has 0 aliphatic rings. The maximum absolute atomic E-state index is 2.32. The fourth-order valence-electron chi connectivity index (χ4n) is 1.85. The van der Waals surface area contributed by atoms with E-state index >= 15 is 0 Å². The molecule has 0 fully saturated rings. The molecule has 0 spiro atoms. The monoisotopic (exact) mass is 275 g/mol. The van der Waals surface area contributed by atoms with E-state index in [2.05, 4.69) is 20.8 Å². The molecule has 12 heavy (non-hydrogen) atoms. The van der Waals surface area contributed by atoms with Gasteiger partial charge in [0.1, 0.15) is 0 Å². The molecule has 0 saturated heterocycles. The molecule has 0 N–H and O–H groups in total. The second-order valence-electron chi connectivity index (χ2n) is 3.88. The molecule has 0 unspecified atom stereocenters. The normalized spacial score (nSPS) is 12.0. The van der Waals surface area contributed by atoms with Crippen LogP contribution in [0.1, 0.15) is 65.7 Å². The van der Waals surface area contributed by atoms with E-state index in [1.165, 1.54) is 44.9 Å². The summed E-state index contributed by atoms with van der Waals surface area (Å²) in [7, 11) is 0. The molecular weight excluding hydrogens is 251 g/mol. The third kappa shape index (κ3) is 5.45. The first-order chi connectivity index (χ1) is 5.68. The van der Waals surface area contributed by atoms with Crippen LogP contribution in [0.4, 0.5) is 0 Å². The molecule has 0 aliphatic heterocycles. The van der Waals surface area contributed by atoms with Gasteiger partial charge < -0.3 is 0 Å². The average molecular weight is 274 g/mol. The van der Waals surface area contributed by atoms with Gasteiger partial charge in [0.2, 0.25) is 0 Å².